The highest BCUT2D eigenvalue weighted by Crippen LogP contribution is 2.44. The van der Waals surface area contributed by atoms with Gasteiger partial charge < -0.3 is 15.0 Å². The fourth-order valence-electron chi connectivity index (χ4n) is 4.03. The number of likely N-dealkylation sites (tertiary alicyclic amines) is 1. The summed E-state index contributed by atoms with van der Waals surface area (Å²) < 4.78 is 7.98. The minimum Gasteiger partial charge on any atom is -0.487 e. The Bertz CT molecular complexity index is 878. The Morgan fingerprint density at radius 3 is 2.85 bits per heavy atom. The number of hydrogen-bond acceptors (Lipinski definition) is 4. The molecule has 4 rings (SSSR count). The predicted octanol–water partition coefficient (Wildman–Crippen LogP) is 2.05. The molecule has 0 saturated carbocycles. The summed E-state index contributed by atoms with van der Waals surface area (Å²) in [5, 5.41) is 7.23. The normalized spacial score (nSPS) is 24.9. The number of rotatable bonds is 2. The quantitative estimate of drug-likeness (QED) is 0.880. The van der Waals surface area contributed by atoms with Crippen molar-refractivity contribution in [1.29, 1.82) is 0 Å². The molecule has 7 nitrogen and oxygen atoms in total. The summed E-state index contributed by atoms with van der Waals surface area (Å²) in [5.41, 5.74) is 1.05. The van der Waals surface area contributed by atoms with Crippen LogP contribution in [-0.2, 0) is 11.8 Å². The number of benzene rings is 1. The van der Waals surface area contributed by atoms with Crippen molar-refractivity contribution in [2.75, 3.05) is 13.6 Å². The molecule has 1 N–H and O–H groups in total. The third kappa shape index (κ3) is 3.29. The number of amides is 2. The third-order valence-corrected chi connectivity index (χ3v) is 5.68. The van der Waals surface area contributed by atoms with Gasteiger partial charge >= 0.3 is 0 Å². The van der Waals surface area contributed by atoms with Gasteiger partial charge in [-0.15, -0.1) is 0 Å². The molecule has 1 spiro atoms. The highest BCUT2D eigenvalue weighted by Gasteiger charge is 2.43. The first-order chi connectivity index (χ1) is 13.0. The van der Waals surface area contributed by atoms with Gasteiger partial charge in [0.2, 0.25) is 5.91 Å². The molecule has 2 aliphatic rings. The van der Waals surface area contributed by atoms with Crippen LogP contribution in [0, 0.1) is 0 Å². The maximum atomic E-state index is 12.8. The molecule has 0 aliphatic carbocycles. The minimum atomic E-state index is -0.445. The van der Waals surface area contributed by atoms with E-state index in [0.29, 0.717) is 31.5 Å². The first-order valence-corrected chi connectivity index (χ1v) is 9.28. The standard InChI is InChI=1S/C20H24N4O3/c1-23-12-10-20(9-7-18(23)25)13-15(14-5-3-4-6-17(14)27-20)22-19(26)16-8-11-21-24(16)2/h3-6,8,11,15H,7,9-10,12-13H2,1-2H3,(H,22,26)/t15-,20-/m1/s1. The van der Waals surface area contributed by atoms with Crippen LogP contribution in [0.25, 0.3) is 0 Å². The van der Waals surface area contributed by atoms with Gasteiger partial charge in [0.15, 0.2) is 0 Å². The summed E-state index contributed by atoms with van der Waals surface area (Å²) in [5.74, 6) is 0.773. The van der Waals surface area contributed by atoms with E-state index in [-0.39, 0.29) is 17.9 Å². The van der Waals surface area contributed by atoms with Gasteiger partial charge in [0.25, 0.3) is 5.91 Å². The smallest absolute Gasteiger partial charge is 0.270 e. The van der Waals surface area contributed by atoms with Gasteiger partial charge in [0.1, 0.15) is 17.0 Å². The predicted molar refractivity (Wildman–Crippen MR) is 99.3 cm³/mol. The van der Waals surface area contributed by atoms with E-state index in [0.717, 1.165) is 17.7 Å². The van der Waals surface area contributed by atoms with Gasteiger partial charge in [-0.05, 0) is 18.6 Å². The van der Waals surface area contributed by atoms with E-state index < -0.39 is 5.60 Å². The van der Waals surface area contributed by atoms with Crippen LogP contribution in [0.5, 0.6) is 5.75 Å². The Morgan fingerprint density at radius 2 is 2.07 bits per heavy atom. The van der Waals surface area contributed by atoms with Crippen LogP contribution in [0.2, 0.25) is 0 Å². The Kier molecular flexibility index (Phi) is 4.37. The molecule has 1 aromatic carbocycles. The van der Waals surface area contributed by atoms with Crippen LogP contribution in [-0.4, -0.2) is 45.7 Å². The number of ether oxygens (including phenoxy) is 1. The van der Waals surface area contributed by atoms with Crippen molar-refractivity contribution in [1.82, 2.24) is 20.0 Å². The van der Waals surface area contributed by atoms with E-state index in [1.807, 2.05) is 31.3 Å². The van der Waals surface area contributed by atoms with Gasteiger partial charge in [-0.2, -0.15) is 5.10 Å². The Labute approximate surface area is 158 Å². The summed E-state index contributed by atoms with van der Waals surface area (Å²) in [7, 11) is 3.58. The van der Waals surface area contributed by atoms with E-state index in [1.54, 1.807) is 28.9 Å². The first-order valence-electron chi connectivity index (χ1n) is 9.28. The molecule has 2 amide bonds. The maximum absolute atomic E-state index is 12.8. The Balaban J connectivity index is 1.63. The molecule has 3 heterocycles. The highest BCUT2D eigenvalue weighted by atomic mass is 16.5. The molecule has 1 fully saturated rings. The second kappa shape index (κ2) is 6.72. The number of fused-ring (bicyclic) bond motifs is 1. The summed E-state index contributed by atoms with van der Waals surface area (Å²) in [6.07, 6.45) is 4.13. The number of para-hydroxylation sites is 1. The van der Waals surface area contributed by atoms with E-state index in [2.05, 4.69) is 10.4 Å². The van der Waals surface area contributed by atoms with Crippen molar-refractivity contribution < 1.29 is 14.3 Å². The van der Waals surface area contributed by atoms with Gasteiger partial charge in [-0.25, -0.2) is 0 Å². The zero-order chi connectivity index (χ0) is 19.0. The molecular weight excluding hydrogens is 344 g/mol. The summed E-state index contributed by atoms with van der Waals surface area (Å²) in [4.78, 5) is 26.7. The Morgan fingerprint density at radius 1 is 1.26 bits per heavy atom. The number of carbonyl (C=O) groups excluding carboxylic acids is 2. The number of hydrogen-bond donors (Lipinski definition) is 1. The lowest BCUT2D eigenvalue weighted by Gasteiger charge is -2.42. The van der Waals surface area contributed by atoms with Crippen LogP contribution in [0.3, 0.4) is 0 Å². The van der Waals surface area contributed by atoms with Crippen molar-refractivity contribution in [3.8, 4) is 5.75 Å². The molecule has 1 saturated heterocycles. The van der Waals surface area contributed by atoms with Crippen molar-refractivity contribution >= 4 is 11.8 Å². The second-order valence-corrected chi connectivity index (χ2v) is 7.46. The van der Waals surface area contributed by atoms with Gasteiger partial charge in [-0.1, -0.05) is 18.2 Å². The number of aromatic nitrogens is 2. The second-order valence-electron chi connectivity index (χ2n) is 7.46. The fourth-order valence-corrected chi connectivity index (χ4v) is 4.03. The topological polar surface area (TPSA) is 76.5 Å². The molecule has 0 unspecified atom stereocenters. The summed E-state index contributed by atoms with van der Waals surface area (Å²) >= 11 is 0. The molecule has 2 aromatic rings. The average Bonchev–Trinajstić information content (AvgIpc) is 3.05. The molecule has 142 valence electrons. The van der Waals surface area contributed by atoms with Crippen LogP contribution in [0.15, 0.2) is 36.5 Å². The lowest BCUT2D eigenvalue weighted by molar-refractivity contribution is -0.129. The summed E-state index contributed by atoms with van der Waals surface area (Å²) in [6, 6.07) is 9.35. The zero-order valence-electron chi connectivity index (χ0n) is 15.6. The van der Waals surface area contributed by atoms with Crippen LogP contribution >= 0.6 is 0 Å². The first kappa shape index (κ1) is 17.6. The lowest BCUT2D eigenvalue weighted by atomic mass is 9.82. The molecule has 0 radical (unpaired) electrons. The highest BCUT2D eigenvalue weighted by molar-refractivity contribution is 5.92. The SMILES string of the molecule is CN1CC[C@]2(CCC1=O)C[C@@H](NC(=O)c1ccnn1C)c1ccccc1O2. The average molecular weight is 368 g/mol. The number of nitrogens with one attached hydrogen (secondary N) is 1. The van der Waals surface area contributed by atoms with E-state index in [1.165, 1.54) is 0 Å². The van der Waals surface area contributed by atoms with Crippen molar-refractivity contribution in [3.63, 3.8) is 0 Å². The van der Waals surface area contributed by atoms with Crippen molar-refractivity contribution in [3.05, 3.63) is 47.8 Å². The Hall–Kier alpha value is -2.83. The lowest BCUT2D eigenvalue weighted by Crippen LogP contribution is -2.46. The van der Waals surface area contributed by atoms with E-state index in [9.17, 15) is 9.59 Å². The van der Waals surface area contributed by atoms with E-state index >= 15 is 0 Å². The van der Waals surface area contributed by atoms with Gasteiger partial charge in [-0.3, -0.25) is 14.3 Å². The minimum absolute atomic E-state index is 0.143. The molecular formula is C20H24N4O3. The maximum Gasteiger partial charge on any atom is 0.270 e. The molecule has 1 aromatic heterocycles. The monoisotopic (exact) mass is 368 g/mol. The molecule has 2 atom stereocenters. The van der Waals surface area contributed by atoms with Crippen molar-refractivity contribution in [2.45, 2.75) is 37.3 Å². The van der Waals surface area contributed by atoms with Crippen LogP contribution < -0.4 is 10.1 Å². The summed E-state index contributed by atoms with van der Waals surface area (Å²) in [6.45, 7) is 0.656. The number of nitrogens with zero attached hydrogens (tertiary/aromatic N) is 3. The van der Waals surface area contributed by atoms with Gasteiger partial charge in [0.05, 0.1) is 6.04 Å². The van der Waals surface area contributed by atoms with Gasteiger partial charge in [0, 0.05) is 51.7 Å². The molecule has 2 aliphatic heterocycles. The molecule has 0 bridgehead atoms. The van der Waals surface area contributed by atoms with Crippen LogP contribution in [0.4, 0.5) is 0 Å². The molecule has 27 heavy (non-hydrogen) atoms. The number of aryl methyl sites for hydroxylation is 1. The van der Waals surface area contributed by atoms with E-state index in [4.69, 9.17) is 4.74 Å². The van der Waals surface area contributed by atoms with Crippen molar-refractivity contribution in [2.24, 2.45) is 7.05 Å². The number of carbonyl (C=O) groups is 2. The fraction of sp³-hybridized carbons (Fsp3) is 0.450. The van der Waals surface area contributed by atoms with Crippen LogP contribution in [0.1, 0.15) is 47.8 Å². The zero-order valence-corrected chi connectivity index (χ0v) is 15.6. The third-order valence-electron chi connectivity index (χ3n) is 5.68. The largest absolute Gasteiger partial charge is 0.487 e. The molecule has 7 heteroatoms.